The van der Waals surface area contributed by atoms with E-state index in [4.69, 9.17) is 16.2 Å². The van der Waals surface area contributed by atoms with Crippen molar-refractivity contribution in [1.82, 2.24) is 25.4 Å². The lowest BCUT2D eigenvalue weighted by molar-refractivity contribution is -0.126. The van der Waals surface area contributed by atoms with E-state index in [9.17, 15) is 22.8 Å². The number of nitrogens with two attached hydrogens (primary N) is 2. The average Bonchev–Trinajstić information content (AvgIpc) is 3.55. The van der Waals surface area contributed by atoms with Gasteiger partial charge < -0.3 is 26.8 Å². The molecule has 4 aromatic rings. The van der Waals surface area contributed by atoms with Crippen molar-refractivity contribution in [3.63, 3.8) is 0 Å². The van der Waals surface area contributed by atoms with Gasteiger partial charge in [0.25, 0.3) is 5.91 Å². The third kappa shape index (κ3) is 6.50. The predicted octanol–water partition coefficient (Wildman–Crippen LogP) is 1.47. The molecule has 226 valence electrons. The maximum absolute atomic E-state index is 15.3. The largest absolute Gasteiger partial charge is 0.384 e. The summed E-state index contributed by atoms with van der Waals surface area (Å²) < 4.78 is 48.4. The molecule has 3 amide bonds. The van der Waals surface area contributed by atoms with Gasteiger partial charge in [0.15, 0.2) is 15.1 Å². The van der Waals surface area contributed by atoms with Crippen molar-refractivity contribution in [2.75, 3.05) is 31.7 Å². The van der Waals surface area contributed by atoms with E-state index in [2.05, 4.69) is 20.7 Å². The van der Waals surface area contributed by atoms with Gasteiger partial charge in [-0.2, -0.15) is 5.10 Å². The lowest BCUT2D eigenvalue weighted by atomic mass is 10.0. The van der Waals surface area contributed by atoms with Gasteiger partial charge in [0.05, 0.1) is 41.0 Å². The van der Waals surface area contributed by atoms with E-state index in [1.54, 1.807) is 24.3 Å². The number of aromatic nitrogens is 3. The van der Waals surface area contributed by atoms with E-state index in [0.29, 0.717) is 16.0 Å². The van der Waals surface area contributed by atoms with Gasteiger partial charge in [-0.3, -0.25) is 14.4 Å². The van der Waals surface area contributed by atoms with Crippen LogP contribution in [0.2, 0.25) is 0 Å². The molecule has 0 radical (unpaired) electrons. The summed E-state index contributed by atoms with van der Waals surface area (Å²) in [5.74, 6) is -3.06. The summed E-state index contributed by atoms with van der Waals surface area (Å²) in [6.07, 6.45) is 2.98. The summed E-state index contributed by atoms with van der Waals surface area (Å²) >= 11 is 0.940. The number of nitrogens with one attached hydrogen (secondary N) is 2. The van der Waals surface area contributed by atoms with Crippen molar-refractivity contribution in [3.05, 3.63) is 59.0 Å². The molecule has 0 aliphatic heterocycles. The molecule has 2 aromatic heterocycles. The maximum Gasteiger partial charge on any atom is 0.254 e. The molecule has 0 bridgehead atoms. The summed E-state index contributed by atoms with van der Waals surface area (Å²) in [4.78, 5) is 41.0. The minimum Gasteiger partial charge on any atom is -0.384 e. The van der Waals surface area contributed by atoms with Crippen LogP contribution in [0, 0.1) is 5.82 Å². The van der Waals surface area contributed by atoms with E-state index < -0.39 is 44.4 Å². The zero-order valence-corrected chi connectivity index (χ0v) is 24.5. The second-order valence-electron chi connectivity index (χ2n) is 9.92. The van der Waals surface area contributed by atoms with Crippen molar-refractivity contribution >= 4 is 54.9 Å². The molecular formula is C27H28FN7O6S2. The minimum absolute atomic E-state index is 0.0579. The Morgan fingerprint density at radius 2 is 1.93 bits per heavy atom. The Hall–Kier alpha value is -4.41. The maximum atomic E-state index is 15.3. The number of carbonyl (C=O) groups is 3. The lowest BCUT2D eigenvalue weighted by Crippen LogP contribution is -2.41. The van der Waals surface area contributed by atoms with Gasteiger partial charge in [-0.05, 0) is 36.6 Å². The molecule has 1 unspecified atom stereocenters. The molecule has 6 N–H and O–H groups in total. The number of ether oxygens (including phenoxy) is 1. The third-order valence-corrected chi connectivity index (χ3v) is 9.87. The summed E-state index contributed by atoms with van der Waals surface area (Å²) in [6.45, 7) is -0.540. The number of rotatable bonds is 12. The van der Waals surface area contributed by atoms with Gasteiger partial charge in [0.2, 0.25) is 11.8 Å². The average molecular weight is 630 g/mol. The van der Waals surface area contributed by atoms with Crippen LogP contribution in [0.1, 0.15) is 33.5 Å². The molecule has 0 saturated heterocycles. The van der Waals surface area contributed by atoms with Crippen molar-refractivity contribution in [3.8, 4) is 16.8 Å². The molecule has 1 saturated carbocycles. The number of hydrogen-bond acceptors (Lipinski definition) is 10. The Morgan fingerprint density at radius 3 is 2.56 bits per heavy atom. The minimum atomic E-state index is -4.12. The summed E-state index contributed by atoms with van der Waals surface area (Å²) in [5, 5.41) is 7.42. The van der Waals surface area contributed by atoms with Crippen LogP contribution in [-0.4, -0.2) is 73.0 Å². The van der Waals surface area contributed by atoms with Crippen LogP contribution in [0.15, 0.2) is 42.6 Å². The molecule has 13 nitrogen and oxygen atoms in total. The molecule has 1 atom stereocenters. The van der Waals surface area contributed by atoms with Crippen molar-refractivity contribution in [2.45, 2.75) is 24.1 Å². The number of primary amides is 1. The highest BCUT2D eigenvalue weighted by atomic mass is 32.2. The van der Waals surface area contributed by atoms with Gasteiger partial charge in [0.1, 0.15) is 22.2 Å². The Balaban J connectivity index is 1.44. The summed E-state index contributed by atoms with van der Waals surface area (Å²) in [6, 6.07) is 9.29. The number of nitrogen functional groups attached to an aromatic ring is 1. The summed E-state index contributed by atoms with van der Waals surface area (Å²) in [7, 11) is -2.78. The molecule has 2 aromatic carbocycles. The fourth-order valence-electron chi connectivity index (χ4n) is 4.35. The molecule has 16 heteroatoms. The van der Waals surface area contributed by atoms with E-state index in [1.165, 1.54) is 30.1 Å². The van der Waals surface area contributed by atoms with Crippen LogP contribution >= 0.6 is 11.3 Å². The standard InChI is InChI=1S/C27H28FN7O6S2/c1-41-8-9-43(39,40)23(26(38)31-13-22(36)33-15-4-5-15)27-34-20-11-19(28)17(10-21(20)42-27)14-2-6-16(7-3-14)35-24(29)18(12-32-35)25(30)37/h2-3,6-7,10-12,15,23H,4-5,8-9,13,29H2,1H3,(H2,30,37)(H,31,38)(H,33,36). The van der Waals surface area contributed by atoms with Crippen LogP contribution < -0.4 is 22.1 Å². The second-order valence-corrected chi connectivity index (χ2v) is 13.2. The molecule has 5 rings (SSSR count). The molecule has 2 heterocycles. The van der Waals surface area contributed by atoms with E-state index >= 15 is 4.39 Å². The fourth-order valence-corrected chi connectivity index (χ4v) is 7.31. The van der Waals surface area contributed by atoms with Gasteiger partial charge in [-0.25, -0.2) is 22.5 Å². The zero-order valence-electron chi connectivity index (χ0n) is 22.9. The monoisotopic (exact) mass is 629 g/mol. The van der Waals surface area contributed by atoms with Gasteiger partial charge in [-0.1, -0.05) is 12.1 Å². The molecule has 43 heavy (non-hydrogen) atoms. The number of sulfone groups is 1. The Bertz CT molecular complexity index is 1820. The lowest BCUT2D eigenvalue weighted by Gasteiger charge is -2.15. The number of hydrogen-bond donors (Lipinski definition) is 4. The fraction of sp³-hybridized carbons (Fsp3) is 0.296. The first-order valence-electron chi connectivity index (χ1n) is 13.1. The van der Waals surface area contributed by atoms with Gasteiger partial charge in [0, 0.05) is 24.8 Å². The Morgan fingerprint density at radius 1 is 1.21 bits per heavy atom. The number of anilines is 1. The zero-order chi connectivity index (χ0) is 30.9. The van der Waals surface area contributed by atoms with Gasteiger partial charge in [-0.15, -0.1) is 11.3 Å². The van der Waals surface area contributed by atoms with E-state index in [-0.39, 0.29) is 46.7 Å². The highest BCUT2D eigenvalue weighted by molar-refractivity contribution is 7.92. The molecule has 1 fully saturated rings. The van der Waals surface area contributed by atoms with Crippen LogP contribution in [-0.2, 0) is 24.2 Å². The first-order valence-corrected chi connectivity index (χ1v) is 15.6. The normalized spacial score (nSPS) is 14.0. The quantitative estimate of drug-likeness (QED) is 0.179. The first-order chi connectivity index (χ1) is 20.5. The number of nitrogens with zero attached hydrogens (tertiary/aromatic N) is 3. The van der Waals surface area contributed by atoms with Crippen LogP contribution in [0.25, 0.3) is 27.0 Å². The van der Waals surface area contributed by atoms with Crippen LogP contribution in [0.5, 0.6) is 0 Å². The van der Waals surface area contributed by atoms with Gasteiger partial charge >= 0.3 is 0 Å². The second kappa shape index (κ2) is 12.1. The van der Waals surface area contributed by atoms with Crippen molar-refractivity contribution in [2.24, 2.45) is 5.73 Å². The van der Waals surface area contributed by atoms with Crippen LogP contribution in [0.4, 0.5) is 10.2 Å². The number of thiazole rings is 1. The Kier molecular flexibility index (Phi) is 8.43. The molecule has 1 aliphatic carbocycles. The third-order valence-electron chi connectivity index (χ3n) is 6.75. The predicted molar refractivity (Wildman–Crippen MR) is 158 cm³/mol. The number of fused-ring (bicyclic) bond motifs is 1. The number of amides is 3. The topological polar surface area (TPSA) is 201 Å². The highest BCUT2D eigenvalue weighted by Gasteiger charge is 2.37. The van der Waals surface area contributed by atoms with E-state index in [1.807, 2.05) is 0 Å². The number of methoxy groups -OCH3 is 1. The molecular weight excluding hydrogens is 601 g/mol. The molecule has 1 aliphatic rings. The van der Waals surface area contributed by atoms with Crippen molar-refractivity contribution < 1.29 is 31.9 Å². The smallest absolute Gasteiger partial charge is 0.254 e. The Labute approximate surface area is 249 Å². The first kappa shape index (κ1) is 30.1. The number of halogens is 1. The van der Waals surface area contributed by atoms with E-state index in [0.717, 1.165) is 24.2 Å². The van der Waals surface area contributed by atoms with Crippen LogP contribution in [0.3, 0.4) is 0 Å². The SMILES string of the molecule is COCCS(=O)(=O)C(C(=O)NCC(=O)NC1CC1)c1nc2cc(F)c(-c3ccc(-n4ncc(C(N)=O)c4N)cc3)cc2s1. The highest BCUT2D eigenvalue weighted by Crippen LogP contribution is 2.36. The molecule has 0 spiro atoms. The number of carbonyl (C=O) groups excluding carboxylic acids is 3. The number of benzene rings is 2. The van der Waals surface area contributed by atoms with Crippen molar-refractivity contribution in [1.29, 1.82) is 0 Å². The summed E-state index contributed by atoms with van der Waals surface area (Å²) in [5.41, 5.74) is 12.7.